The maximum absolute atomic E-state index is 12.5. The van der Waals surface area contributed by atoms with Crippen LogP contribution >= 0.6 is 0 Å². The Morgan fingerprint density at radius 1 is 1.36 bits per heavy atom. The van der Waals surface area contributed by atoms with Gasteiger partial charge in [-0.25, -0.2) is 0 Å². The van der Waals surface area contributed by atoms with Crippen molar-refractivity contribution in [2.75, 3.05) is 53.5 Å². The fraction of sp³-hybridized carbons (Fsp3) is 0.632. The summed E-state index contributed by atoms with van der Waals surface area (Å²) in [5.41, 5.74) is 1.07. The lowest BCUT2D eigenvalue weighted by molar-refractivity contribution is -0.126. The Kier molecular flexibility index (Phi) is 5.81. The highest BCUT2D eigenvalue weighted by Crippen LogP contribution is 2.31. The number of piperazine rings is 1. The van der Waals surface area contributed by atoms with Gasteiger partial charge in [-0.05, 0) is 32.0 Å². The van der Waals surface area contributed by atoms with Crippen molar-refractivity contribution in [1.29, 1.82) is 0 Å². The van der Waals surface area contributed by atoms with Gasteiger partial charge in [0, 0.05) is 44.8 Å². The molecule has 2 aliphatic heterocycles. The van der Waals surface area contributed by atoms with Crippen LogP contribution in [0, 0.1) is 5.92 Å². The van der Waals surface area contributed by atoms with E-state index in [9.17, 15) is 4.79 Å². The second-order valence-electron chi connectivity index (χ2n) is 7.12. The summed E-state index contributed by atoms with van der Waals surface area (Å²) in [6.45, 7) is 7.61. The van der Waals surface area contributed by atoms with E-state index in [0.29, 0.717) is 25.6 Å². The number of likely N-dealkylation sites (N-methyl/N-ethyl adjacent to an activating group) is 1. The van der Waals surface area contributed by atoms with E-state index in [2.05, 4.69) is 29.1 Å². The monoisotopic (exact) mass is 347 g/mol. The molecule has 6 nitrogen and oxygen atoms in total. The van der Waals surface area contributed by atoms with Gasteiger partial charge >= 0.3 is 0 Å². The highest BCUT2D eigenvalue weighted by atomic mass is 16.5. The Balaban J connectivity index is 1.48. The molecular formula is C19H29N3O3. The molecular weight excluding hydrogens is 318 g/mol. The van der Waals surface area contributed by atoms with E-state index in [1.807, 2.05) is 18.2 Å². The number of fused-ring (bicyclic) bond motifs is 1. The van der Waals surface area contributed by atoms with Crippen molar-refractivity contribution >= 4 is 5.91 Å². The highest BCUT2D eigenvalue weighted by molar-refractivity contribution is 5.79. The summed E-state index contributed by atoms with van der Waals surface area (Å²) in [5, 5.41) is 3.12. The van der Waals surface area contributed by atoms with Gasteiger partial charge in [-0.2, -0.15) is 0 Å². The molecule has 0 saturated carbocycles. The third kappa shape index (κ3) is 4.44. The molecule has 2 atom stereocenters. The third-order valence-corrected chi connectivity index (χ3v) is 5.28. The summed E-state index contributed by atoms with van der Waals surface area (Å²) >= 11 is 0. The first-order valence-electron chi connectivity index (χ1n) is 9.07. The maximum atomic E-state index is 12.5. The minimum Gasteiger partial charge on any atom is -0.497 e. The topological polar surface area (TPSA) is 54.0 Å². The molecule has 1 aromatic rings. The molecule has 0 unspecified atom stereocenters. The summed E-state index contributed by atoms with van der Waals surface area (Å²) in [6, 6.07) is 6.15. The van der Waals surface area contributed by atoms with Crippen LogP contribution < -0.4 is 14.8 Å². The molecule has 138 valence electrons. The van der Waals surface area contributed by atoms with Crippen LogP contribution in [0.3, 0.4) is 0 Å². The SMILES string of the molecule is COc1ccc2c(c1)OC[C@H](C(=O)NC[C@@H](C)N1CCN(C)CC1)C2. The molecule has 1 aromatic carbocycles. The van der Waals surface area contributed by atoms with Crippen LogP contribution in [0.4, 0.5) is 0 Å². The van der Waals surface area contributed by atoms with E-state index >= 15 is 0 Å². The number of carbonyl (C=O) groups excluding carboxylic acids is 1. The Morgan fingerprint density at radius 2 is 2.12 bits per heavy atom. The lowest BCUT2D eigenvalue weighted by Crippen LogP contribution is -2.52. The van der Waals surface area contributed by atoms with E-state index in [4.69, 9.17) is 9.47 Å². The number of nitrogens with one attached hydrogen (secondary N) is 1. The largest absolute Gasteiger partial charge is 0.497 e. The minimum absolute atomic E-state index is 0.0856. The fourth-order valence-corrected chi connectivity index (χ4v) is 3.43. The number of nitrogens with zero attached hydrogens (tertiary/aromatic N) is 2. The quantitative estimate of drug-likeness (QED) is 0.861. The predicted molar refractivity (Wildman–Crippen MR) is 97.2 cm³/mol. The van der Waals surface area contributed by atoms with Gasteiger partial charge in [0.2, 0.25) is 5.91 Å². The first kappa shape index (κ1) is 18.0. The molecule has 0 aromatic heterocycles. The molecule has 0 bridgehead atoms. The lowest BCUT2D eigenvalue weighted by atomic mass is 9.96. The van der Waals surface area contributed by atoms with Gasteiger partial charge < -0.3 is 19.7 Å². The second-order valence-corrected chi connectivity index (χ2v) is 7.12. The van der Waals surface area contributed by atoms with Crippen LogP contribution in [0.2, 0.25) is 0 Å². The highest BCUT2D eigenvalue weighted by Gasteiger charge is 2.27. The zero-order valence-corrected chi connectivity index (χ0v) is 15.5. The molecule has 3 rings (SSSR count). The summed E-state index contributed by atoms with van der Waals surface area (Å²) in [7, 11) is 3.79. The fourth-order valence-electron chi connectivity index (χ4n) is 3.43. The van der Waals surface area contributed by atoms with Crippen LogP contribution in [0.1, 0.15) is 12.5 Å². The number of carbonyl (C=O) groups is 1. The lowest BCUT2D eigenvalue weighted by Gasteiger charge is -2.36. The number of methoxy groups -OCH3 is 1. The van der Waals surface area contributed by atoms with Gasteiger partial charge in [0.25, 0.3) is 0 Å². The Hall–Kier alpha value is -1.79. The van der Waals surface area contributed by atoms with Crippen molar-refractivity contribution in [3.63, 3.8) is 0 Å². The molecule has 2 heterocycles. The molecule has 25 heavy (non-hydrogen) atoms. The molecule has 1 saturated heterocycles. The van der Waals surface area contributed by atoms with Crippen molar-refractivity contribution in [2.24, 2.45) is 5.92 Å². The van der Waals surface area contributed by atoms with Crippen LogP contribution in [0.25, 0.3) is 0 Å². The zero-order chi connectivity index (χ0) is 17.8. The predicted octanol–water partition coefficient (Wildman–Crippen LogP) is 0.998. The van der Waals surface area contributed by atoms with E-state index in [0.717, 1.165) is 43.2 Å². The first-order valence-corrected chi connectivity index (χ1v) is 9.07. The third-order valence-electron chi connectivity index (χ3n) is 5.28. The van der Waals surface area contributed by atoms with Gasteiger partial charge in [-0.15, -0.1) is 0 Å². The van der Waals surface area contributed by atoms with Crippen LogP contribution in [0.15, 0.2) is 18.2 Å². The van der Waals surface area contributed by atoms with Crippen LogP contribution in [-0.4, -0.2) is 75.2 Å². The van der Waals surface area contributed by atoms with Crippen LogP contribution in [0.5, 0.6) is 11.5 Å². The number of amides is 1. The molecule has 1 amide bonds. The molecule has 0 radical (unpaired) electrons. The van der Waals surface area contributed by atoms with Gasteiger partial charge in [0.15, 0.2) is 0 Å². The zero-order valence-electron chi connectivity index (χ0n) is 15.5. The molecule has 0 spiro atoms. The normalized spacial score (nSPS) is 22.6. The summed E-state index contributed by atoms with van der Waals surface area (Å²) in [4.78, 5) is 17.3. The van der Waals surface area contributed by atoms with Gasteiger partial charge in [0.05, 0.1) is 13.0 Å². The van der Waals surface area contributed by atoms with Crippen molar-refractivity contribution in [3.05, 3.63) is 23.8 Å². The standard InChI is InChI=1S/C19H29N3O3/c1-14(22-8-6-21(2)7-9-22)12-20-19(23)16-10-15-4-5-17(24-3)11-18(15)25-13-16/h4-5,11,14,16H,6-10,12-13H2,1-3H3,(H,20,23)/t14-,16-/m1/s1. The average Bonchev–Trinajstić information content (AvgIpc) is 2.65. The number of benzene rings is 1. The van der Waals surface area contributed by atoms with E-state index in [1.54, 1.807) is 7.11 Å². The van der Waals surface area contributed by atoms with E-state index < -0.39 is 0 Å². The first-order chi connectivity index (χ1) is 12.1. The van der Waals surface area contributed by atoms with E-state index in [1.165, 1.54) is 0 Å². The minimum atomic E-state index is -0.124. The van der Waals surface area contributed by atoms with Crippen LogP contribution in [-0.2, 0) is 11.2 Å². The summed E-state index contributed by atoms with van der Waals surface area (Å²) in [6.07, 6.45) is 0.716. The van der Waals surface area contributed by atoms with Crippen molar-refractivity contribution < 1.29 is 14.3 Å². The number of rotatable bonds is 5. The Labute approximate surface area is 150 Å². The number of hydrogen-bond acceptors (Lipinski definition) is 5. The Bertz CT molecular complexity index is 600. The van der Waals surface area contributed by atoms with Crippen molar-refractivity contribution in [3.8, 4) is 11.5 Å². The van der Waals surface area contributed by atoms with Crippen molar-refractivity contribution in [2.45, 2.75) is 19.4 Å². The second kappa shape index (κ2) is 8.06. The molecule has 1 N–H and O–H groups in total. The maximum Gasteiger partial charge on any atom is 0.226 e. The molecule has 0 aliphatic carbocycles. The number of hydrogen-bond donors (Lipinski definition) is 1. The van der Waals surface area contributed by atoms with E-state index in [-0.39, 0.29) is 11.8 Å². The molecule has 6 heteroatoms. The smallest absolute Gasteiger partial charge is 0.226 e. The van der Waals surface area contributed by atoms with Gasteiger partial charge in [-0.3, -0.25) is 9.69 Å². The summed E-state index contributed by atoms with van der Waals surface area (Å²) < 4.78 is 11.0. The Morgan fingerprint density at radius 3 is 2.84 bits per heavy atom. The molecule has 2 aliphatic rings. The molecule has 1 fully saturated rings. The van der Waals surface area contributed by atoms with Gasteiger partial charge in [0.1, 0.15) is 18.1 Å². The van der Waals surface area contributed by atoms with Crippen molar-refractivity contribution in [1.82, 2.24) is 15.1 Å². The van der Waals surface area contributed by atoms with Gasteiger partial charge in [-0.1, -0.05) is 6.07 Å². The average molecular weight is 347 g/mol. The summed E-state index contributed by atoms with van der Waals surface area (Å²) in [5.74, 6) is 1.57. The number of ether oxygens (including phenoxy) is 2.